The number of benzene rings is 8. The van der Waals surface area contributed by atoms with Gasteiger partial charge in [0.05, 0.1) is 39.1 Å². The molecule has 0 atom stereocenters. The third-order valence-corrected chi connectivity index (χ3v) is 12.0. The van der Waals surface area contributed by atoms with Crippen LogP contribution in [0, 0.1) is 0 Å². The summed E-state index contributed by atoms with van der Waals surface area (Å²) < 4.78 is 7.29. The van der Waals surface area contributed by atoms with Crippen molar-refractivity contribution in [3.63, 3.8) is 0 Å². The number of nitrogens with zero attached hydrogens (tertiary/aromatic N) is 4. The molecule has 8 aromatic carbocycles. The Morgan fingerprint density at radius 1 is 0.290 bits per heavy atom. The third kappa shape index (κ3) is 6.46. The Balaban J connectivity index is 0.935. The molecule has 10 aromatic rings. The number of allylic oxidation sites excluding steroid dienone is 4. The minimum Gasteiger partial charge on any atom is -0.264 e. The zero-order valence-electron chi connectivity index (χ0n) is 33.8. The molecule has 0 saturated heterocycles. The largest absolute Gasteiger partial charge is 0.338 e. The molecule has 0 radical (unpaired) electrons. The summed E-state index contributed by atoms with van der Waals surface area (Å²) in [4.78, 5) is 28.9. The van der Waals surface area contributed by atoms with Crippen LogP contribution in [0.2, 0.25) is 0 Å². The van der Waals surface area contributed by atoms with E-state index in [1.165, 1.54) is 11.1 Å². The molecule has 0 unspecified atom stereocenters. The van der Waals surface area contributed by atoms with Crippen molar-refractivity contribution in [3.8, 4) is 50.4 Å². The first-order valence-corrected chi connectivity index (χ1v) is 21.0. The minimum absolute atomic E-state index is 0.0856. The molecule has 0 saturated carbocycles. The van der Waals surface area contributed by atoms with Gasteiger partial charge in [0, 0.05) is 5.70 Å². The van der Waals surface area contributed by atoms with Gasteiger partial charge in [-0.2, -0.15) is 0 Å². The van der Waals surface area contributed by atoms with Crippen LogP contribution in [0.4, 0.5) is 0 Å². The molecule has 0 spiro atoms. The van der Waals surface area contributed by atoms with Gasteiger partial charge in [-0.1, -0.05) is 146 Å². The van der Waals surface area contributed by atoms with Crippen LogP contribution < -0.4 is 11.4 Å². The average molecular weight is 801 g/mol. The van der Waals surface area contributed by atoms with Crippen molar-refractivity contribution >= 4 is 33.3 Å². The maximum absolute atomic E-state index is 14.5. The van der Waals surface area contributed by atoms with Gasteiger partial charge in [0.15, 0.2) is 0 Å². The van der Waals surface area contributed by atoms with Gasteiger partial charge in [0.25, 0.3) is 0 Å². The number of hydrogen-bond donors (Lipinski definition) is 0. The van der Waals surface area contributed by atoms with Crippen LogP contribution in [0.25, 0.3) is 83.8 Å². The number of fused-ring (bicyclic) bond motifs is 2. The van der Waals surface area contributed by atoms with E-state index in [9.17, 15) is 9.59 Å². The zero-order chi connectivity index (χ0) is 41.6. The average Bonchev–Trinajstić information content (AvgIpc) is 3.81. The van der Waals surface area contributed by atoms with Crippen LogP contribution in [-0.2, 0) is 0 Å². The first-order valence-electron chi connectivity index (χ1n) is 21.0. The molecule has 6 nitrogen and oxygen atoms in total. The topological polar surface area (TPSA) is 53.9 Å². The van der Waals surface area contributed by atoms with Crippen LogP contribution in [0.15, 0.2) is 228 Å². The van der Waals surface area contributed by atoms with Crippen LogP contribution in [0.5, 0.6) is 0 Å². The van der Waals surface area contributed by atoms with E-state index in [1.54, 1.807) is 9.13 Å². The Labute approximate surface area is 358 Å². The SMILES string of the molecule is O=c1n(C2=CC=C(c3ccccc3)CC2)c2ccccc2n1-c1cccc(-c2cccc(-c3cccc(-n4c(=O)n(-c5ccc(-c6ccccc6)cc5)c5ccccc54)c3)c2)c1. The van der Waals surface area contributed by atoms with Crippen molar-refractivity contribution in [2.75, 3.05) is 0 Å². The fraction of sp³-hybridized carbons (Fsp3) is 0.0357. The number of aromatic nitrogens is 4. The van der Waals surface area contributed by atoms with Crippen molar-refractivity contribution in [3.05, 3.63) is 245 Å². The van der Waals surface area contributed by atoms with Crippen molar-refractivity contribution in [1.82, 2.24) is 18.3 Å². The molecule has 0 aliphatic heterocycles. The molecule has 0 fully saturated rings. The highest BCUT2D eigenvalue weighted by atomic mass is 16.2. The van der Waals surface area contributed by atoms with Crippen molar-refractivity contribution in [1.29, 1.82) is 0 Å². The summed E-state index contributed by atoms with van der Waals surface area (Å²) >= 11 is 0. The minimum atomic E-state index is -0.133. The molecule has 1 aliphatic rings. The maximum atomic E-state index is 14.5. The molecule has 0 amide bonds. The zero-order valence-corrected chi connectivity index (χ0v) is 33.8. The van der Waals surface area contributed by atoms with Crippen molar-refractivity contribution in [2.24, 2.45) is 0 Å². The second-order valence-corrected chi connectivity index (χ2v) is 15.7. The lowest BCUT2D eigenvalue weighted by molar-refractivity contribution is 0.893. The van der Waals surface area contributed by atoms with E-state index in [2.05, 4.69) is 109 Å². The first kappa shape index (κ1) is 36.8. The molecular weight excluding hydrogens is 761 g/mol. The van der Waals surface area contributed by atoms with E-state index in [-0.39, 0.29) is 11.4 Å². The Morgan fingerprint density at radius 2 is 0.694 bits per heavy atom. The summed E-state index contributed by atoms with van der Waals surface area (Å²) in [5.74, 6) is 0. The number of para-hydroxylation sites is 4. The smallest absolute Gasteiger partial charge is 0.264 e. The van der Waals surface area contributed by atoms with Crippen LogP contribution in [-0.4, -0.2) is 18.3 Å². The van der Waals surface area contributed by atoms with E-state index in [4.69, 9.17) is 0 Å². The molecule has 1 aliphatic carbocycles. The fourth-order valence-electron chi connectivity index (χ4n) is 8.99. The maximum Gasteiger partial charge on any atom is 0.338 e. The number of imidazole rings is 2. The summed E-state index contributed by atoms with van der Waals surface area (Å²) in [7, 11) is 0. The Kier molecular flexibility index (Phi) is 9.16. The second kappa shape index (κ2) is 15.4. The Morgan fingerprint density at radius 3 is 1.21 bits per heavy atom. The van der Waals surface area contributed by atoms with Gasteiger partial charge < -0.3 is 0 Å². The molecule has 11 rings (SSSR count). The van der Waals surface area contributed by atoms with Crippen molar-refractivity contribution < 1.29 is 0 Å². The molecule has 0 N–H and O–H groups in total. The van der Waals surface area contributed by atoms with Gasteiger partial charge in [-0.15, -0.1) is 0 Å². The Bertz CT molecular complexity index is 3490. The van der Waals surface area contributed by atoms with E-state index in [0.29, 0.717) is 0 Å². The second-order valence-electron chi connectivity index (χ2n) is 15.7. The summed E-state index contributed by atoms with van der Waals surface area (Å²) in [6, 6.07) is 69.6. The summed E-state index contributed by atoms with van der Waals surface area (Å²) in [6.45, 7) is 0. The quantitative estimate of drug-likeness (QED) is 0.154. The molecule has 62 heavy (non-hydrogen) atoms. The lowest BCUT2D eigenvalue weighted by atomic mass is 9.96. The monoisotopic (exact) mass is 800 g/mol. The molecule has 2 aromatic heterocycles. The summed E-state index contributed by atoms with van der Waals surface area (Å²) in [5, 5.41) is 0. The predicted octanol–water partition coefficient (Wildman–Crippen LogP) is 12.6. The highest BCUT2D eigenvalue weighted by molar-refractivity contribution is 5.85. The highest BCUT2D eigenvalue weighted by Gasteiger charge is 2.20. The van der Waals surface area contributed by atoms with Crippen molar-refractivity contribution in [2.45, 2.75) is 12.8 Å². The normalized spacial score (nSPS) is 12.7. The van der Waals surface area contributed by atoms with Gasteiger partial charge in [0.2, 0.25) is 0 Å². The third-order valence-electron chi connectivity index (χ3n) is 12.0. The van der Waals surface area contributed by atoms with E-state index < -0.39 is 0 Å². The molecule has 2 heterocycles. The fourth-order valence-corrected chi connectivity index (χ4v) is 8.99. The van der Waals surface area contributed by atoms with E-state index in [0.717, 1.165) is 91.0 Å². The number of rotatable bonds is 8. The van der Waals surface area contributed by atoms with E-state index >= 15 is 0 Å². The molecular formula is C56H40N4O2. The summed E-state index contributed by atoms with van der Waals surface area (Å²) in [5.41, 5.74) is 15.3. The first-order chi connectivity index (χ1) is 30.6. The van der Waals surface area contributed by atoms with Gasteiger partial charge >= 0.3 is 11.4 Å². The summed E-state index contributed by atoms with van der Waals surface area (Å²) in [6.07, 6.45) is 5.88. The Hall–Kier alpha value is -8.22. The number of hydrogen-bond acceptors (Lipinski definition) is 2. The van der Waals surface area contributed by atoms with Gasteiger partial charge in [-0.3, -0.25) is 18.3 Å². The van der Waals surface area contributed by atoms with Crippen LogP contribution in [0.3, 0.4) is 0 Å². The van der Waals surface area contributed by atoms with Crippen LogP contribution >= 0.6 is 0 Å². The standard InChI is InChI=1S/C56H40N4O2/c61-55-57(47-32-28-41(29-33-47)39-14-3-1-4-15-39)51-24-7-9-26-53(51)59(55)49-22-12-20-45(37-49)43-18-11-19-44(36-43)46-21-13-23-50(38-46)60-54-27-10-8-25-52(54)58(56(60)62)48-34-30-42(31-35-48)40-16-5-2-6-17-40/h1-30,32-34,36-38H,31,35H2. The van der Waals surface area contributed by atoms with Gasteiger partial charge in [0.1, 0.15) is 0 Å². The van der Waals surface area contributed by atoms with Gasteiger partial charge in [-0.25, -0.2) is 9.59 Å². The van der Waals surface area contributed by atoms with Crippen LogP contribution in [0.1, 0.15) is 18.4 Å². The van der Waals surface area contributed by atoms with E-state index in [1.807, 2.05) is 118 Å². The molecule has 0 bridgehead atoms. The lowest BCUT2D eigenvalue weighted by Crippen LogP contribution is -2.23. The van der Waals surface area contributed by atoms with Gasteiger partial charge in [-0.05, 0) is 130 Å². The lowest BCUT2D eigenvalue weighted by Gasteiger charge is -2.16. The molecule has 6 heteroatoms. The predicted molar refractivity (Wildman–Crippen MR) is 254 cm³/mol. The molecule has 296 valence electrons. The highest BCUT2D eigenvalue weighted by Crippen LogP contribution is 2.33.